The van der Waals surface area contributed by atoms with Crippen molar-refractivity contribution in [2.45, 2.75) is 25.6 Å². The Morgan fingerprint density at radius 1 is 1.11 bits per heavy atom. The lowest BCUT2D eigenvalue weighted by molar-refractivity contribution is -0.122. The highest BCUT2D eigenvalue weighted by molar-refractivity contribution is 7.92. The summed E-state index contributed by atoms with van der Waals surface area (Å²) in [4.78, 5) is 36.9. The van der Waals surface area contributed by atoms with Gasteiger partial charge in [0, 0.05) is 47.4 Å². The van der Waals surface area contributed by atoms with E-state index in [1.807, 2.05) is 0 Å². The smallest absolute Gasteiger partial charge is 0.434 e. The van der Waals surface area contributed by atoms with Crippen LogP contribution in [0.4, 0.5) is 10.5 Å². The predicted molar refractivity (Wildman–Crippen MR) is 141 cm³/mol. The monoisotopic (exact) mass is 553 g/mol. The molecule has 12 nitrogen and oxygen atoms in total. The number of benzene rings is 2. The standard InChI is InChI=1S/C23H29ClN6O6S/c1-13(2)37(34,35)30(4,23(27)33)18-8-16(7-17(24)10-18)22(32)29-11-15-6-5-14(21(25)26)9-19(15)36-12-20(31)28-3/h5-10,13H,11-12H2,1-4H3,(H6-,25,26,27,28,29,31,32,33)/p+1. The lowest BCUT2D eigenvalue weighted by atomic mass is 10.1. The van der Waals surface area contributed by atoms with Gasteiger partial charge in [-0.1, -0.05) is 23.7 Å². The Morgan fingerprint density at radius 2 is 1.76 bits per heavy atom. The average molecular weight is 554 g/mol. The first-order valence-electron chi connectivity index (χ1n) is 11.0. The maximum absolute atomic E-state index is 13.0. The molecule has 0 aliphatic carbocycles. The third kappa shape index (κ3) is 6.37. The van der Waals surface area contributed by atoms with Crippen LogP contribution in [0.3, 0.4) is 0 Å². The number of nitrogens with two attached hydrogens (primary N) is 2. The van der Waals surface area contributed by atoms with E-state index in [9.17, 15) is 22.8 Å². The second-order valence-electron chi connectivity index (χ2n) is 8.40. The zero-order valence-electron chi connectivity index (χ0n) is 20.8. The van der Waals surface area contributed by atoms with Gasteiger partial charge in [-0.2, -0.15) is 8.42 Å². The molecule has 200 valence electrons. The molecule has 1 atom stereocenters. The lowest BCUT2D eigenvalue weighted by Gasteiger charge is -2.29. The number of hydrogen-bond donors (Lipinski definition) is 5. The fourth-order valence-corrected chi connectivity index (χ4v) is 4.99. The fraction of sp³-hybridized carbons (Fsp3) is 0.304. The van der Waals surface area contributed by atoms with Gasteiger partial charge in [0.1, 0.15) is 16.8 Å². The van der Waals surface area contributed by atoms with Crippen molar-refractivity contribution in [3.8, 4) is 5.75 Å². The van der Waals surface area contributed by atoms with Gasteiger partial charge in [0.15, 0.2) is 12.3 Å². The number of nitrogens with one attached hydrogen (secondary N) is 3. The summed E-state index contributed by atoms with van der Waals surface area (Å²) >= 11 is 6.18. The number of hydrogen-bond acceptors (Lipinski definition) is 7. The van der Waals surface area contributed by atoms with Crippen LogP contribution in [-0.4, -0.2) is 58.1 Å². The SMILES string of the molecule is CNC(=O)COc1cc(C(=N)N)ccc1CNC(=O)c1cc(Cl)cc([N+](C)(C(N)=O)S(=O)(=O)C(C)C)c1. The Morgan fingerprint density at radius 3 is 2.30 bits per heavy atom. The number of urea groups is 1. The van der Waals surface area contributed by atoms with Crippen molar-refractivity contribution in [3.05, 3.63) is 58.1 Å². The van der Waals surface area contributed by atoms with Gasteiger partial charge in [-0.05, 0) is 26.0 Å². The first-order chi connectivity index (χ1) is 17.1. The topological polar surface area (TPSA) is 195 Å². The molecular weight excluding hydrogens is 524 g/mol. The molecule has 0 saturated carbocycles. The van der Waals surface area contributed by atoms with E-state index in [1.165, 1.54) is 45.2 Å². The highest BCUT2D eigenvalue weighted by atomic mass is 35.5. The lowest BCUT2D eigenvalue weighted by Crippen LogP contribution is -2.60. The number of halogens is 1. The molecule has 2 aromatic carbocycles. The van der Waals surface area contributed by atoms with Crippen molar-refractivity contribution in [1.29, 1.82) is 5.41 Å². The van der Waals surface area contributed by atoms with Crippen LogP contribution in [0.15, 0.2) is 36.4 Å². The molecule has 14 heteroatoms. The van der Waals surface area contributed by atoms with Crippen molar-refractivity contribution in [3.63, 3.8) is 0 Å². The maximum Gasteiger partial charge on any atom is 0.434 e. The number of sulfonamides is 1. The van der Waals surface area contributed by atoms with E-state index in [2.05, 4.69) is 10.6 Å². The van der Waals surface area contributed by atoms with Gasteiger partial charge in [-0.15, -0.1) is 3.89 Å². The first-order valence-corrected chi connectivity index (χ1v) is 12.8. The molecule has 0 radical (unpaired) electrons. The third-order valence-corrected chi connectivity index (χ3v) is 8.44. The highest BCUT2D eigenvalue weighted by Gasteiger charge is 2.48. The number of quaternary nitrogens is 1. The van der Waals surface area contributed by atoms with Crippen LogP contribution in [-0.2, 0) is 21.4 Å². The molecule has 2 rings (SSSR count). The molecule has 1 unspecified atom stereocenters. The van der Waals surface area contributed by atoms with Crippen LogP contribution in [0, 0.1) is 5.41 Å². The first kappa shape index (κ1) is 29.5. The van der Waals surface area contributed by atoms with Gasteiger partial charge in [-0.3, -0.25) is 15.0 Å². The Balaban J connectivity index is 2.40. The largest absolute Gasteiger partial charge is 0.483 e. The third-order valence-electron chi connectivity index (χ3n) is 5.62. The summed E-state index contributed by atoms with van der Waals surface area (Å²) in [6.07, 6.45) is 0. The maximum atomic E-state index is 13.0. The number of rotatable bonds is 10. The van der Waals surface area contributed by atoms with Gasteiger partial charge in [0.2, 0.25) is 0 Å². The number of amides is 4. The van der Waals surface area contributed by atoms with Crippen LogP contribution in [0.1, 0.15) is 35.3 Å². The number of carbonyl (C=O) groups is 3. The van der Waals surface area contributed by atoms with Crippen LogP contribution in [0.25, 0.3) is 0 Å². The molecule has 37 heavy (non-hydrogen) atoms. The quantitative estimate of drug-likeness (QED) is 0.167. The van der Waals surface area contributed by atoms with E-state index in [0.717, 1.165) is 7.05 Å². The van der Waals surface area contributed by atoms with E-state index in [0.29, 0.717) is 11.1 Å². The summed E-state index contributed by atoms with van der Waals surface area (Å²) in [6, 6.07) is 7.25. The zero-order chi connectivity index (χ0) is 28.1. The Labute approximate surface area is 220 Å². The number of nitrogen functional groups attached to an aromatic ring is 1. The highest BCUT2D eigenvalue weighted by Crippen LogP contribution is 2.32. The van der Waals surface area contributed by atoms with Crippen LogP contribution < -0.4 is 30.7 Å². The van der Waals surface area contributed by atoms with Crippen LogP contribution in [0.5, 0.6) is 5.75 Å². The Kier molecular flexibility index (Phi) is 9.25. The van der Waals surface area contributed by atoms with E-state index < -0.39 is 31.1 Å². The van der Waals surface area contributed by atoms with Crippen molar-refractivity contribution >= 4 is 51.0 Å². The normalized spacial score (nSPS) is 12.9. The summed E-state index contributed by atoms with van der Waals surface area (Å²) in [5.41, 5.74) is 11.8. The second-order valence-corrected chi connectivity index (χ2v) is 11.5. The van der Waals surface area contributed by atoms with Crippen molar-refractivity contribution in [1.82, 2.24) is 14.5 Å². The summed E-state index contributed by atoms with van der Waals surface area (Å²) in [7, 11) is -1.57. The number of ether oxygens (including phenoxy) is 1. The number of nitrogens with zero attached hydrogens (tertiary/aromatic N) is 1. The molecule has 0 aromatic heterocycles. The molecule has 0 bridgehead atoms. The summed E-state index contributed by atoms with van der Waals surface area (Å²) in [6.45, 7) is 2.46. The molecule has 4 amide bonds. The van der Waals surface area contributed by atoms with Crippen molar-refractivity contribution in [2.24, 2.45) is 11.5 Å². The molecule has 0 heterocycles. The van der Waals surface area contributed by atoms with Gasteiger partial charge >= 0.3 is 16.1 Å². The predicted octanol–water partition coefficient (Wildman–Crippen LogP) is 1.43. The van der Waals surface area contributed by atoms with E-state index >= 15 is 0 Å². The van der Waals surface area contributed by atoms with Gasteiger partial charge in [0.05, 0.1) is 7.05 Å². The van der Waals surface area contributed by atoms with Gasteiger partial charge in [0.25, 0.3) is 11.8 Å². The fourth-order valence-electron chi connectivity index (χ4n) is 3.27. The molecule has 0 aliphatic rings. The minimum Gasteiger partial charge on any atom is -0.483 e. The van der Waals surface area contributed by atoms with E-state index in [4.69, 9.17) is 33.2 Å². The van der Waals surface area contributed by atoms with Crippen LogP contribution in [0.2, 0.25) is 5.02 Å². The number of primary amides is 1. The number of likely N-dealkylation sites (N-methyl/N-ethyl adjacent to an activating group) is 1. The molecular formula is C23H30ClN6O6S+. The average Bonchev–Trinajstić information content (AvgIpc) is 2.84. The Hall–Kier alpha value is -3.68. The van der Waals surface area contributed by atoms with Gasteiger partial charge < -0.3 is 26.8 Å². The minimum atomic E-state index is -4.14. The molecule has 0 spiro atoms. The number of amidine groups is 1. The van der Waals surface area contributed by atoms with Crippen LogP contribution >= 0.6 is 11.6 Å². The zero-order valence-corrected chi connectivity index (χ0v) is 22.4. The summed E-state index contributed by atoms with van der Waals surface area (Å²) in [5, 5.41) is 11.8. The Bertz CT molecular complexity index is 1350. The van der Waals surface area contributed by atoms with E-state index in [1.54, 1.807) is 12.1 Å². The van der Waals surface area contributed by atoms with Crippen molar-refractivity contribution < 1.29 is 27.5 Å². The number of carbonyl (C=O) groups excluding carboxylic acids is 3. The molecule has 0 aliphatic heterocycles. The summed E-state index contributed by atoms with van der Waals surface area (Å²) in [5.74, 6) is -1.00. The molecule has 0 fully saturated rings. The molecule has 7 N–H and O–H groups in total. The minimum absolute atomic E-state index is 0.0137. The molecule has 2 aromatic rings. The van der Waals surface area contributed by atoms with E-state index in [-0.39, 0.29) is 46.9 Å². The second kappa shape index (κ2) is 11.6. The summed E-state index contributed by atoms with van der Waals surface area (Å²) < 4.78 is 30.3. The van der Waals surface area contributed by atoms with Gasteiger partial charge in [-0.25, -0.2) is 4.79 Å². The van der Waals surface area contributed by atoms with Crippen molar-refractivity contribution in [2.75, 3.05) is 20.7 Å². The molecule has 0 saturated heterocycles.